The molecule has 0 spiro atoms. The fraction of sp³-hybridized carbons (Fsp3) is 0.900. The third kappa shape index (κ3) is 5.00. The highest BCUT2D eigenvalue weighted by Gasteiger charge is 2.02. The molecule has 1 nitrogen and oxygen atoms in total. The standard InChI is InChI=1S/C10H21N/c1-6-10(5)11-7-9(4)8(2)3/h7-10H,6H2,1-5H3/t9-,10?/m1/s1. The molecular weight excluding hydrogens is 134 g/mol. The first kappa shape index (κ1) is 10.7. The summed E-state index contributed by atoms with van der Waals surface area (Å²) in [6, 6.07) is 0.496. The molecule has 0 aliphatic heterocycles. The minimum atomic E-state index is 0.496. The van der Waals surface area contributed by atoms with Crippen LogP contribution in [0.3, 0.4) is 0 Å². The topological polar surface area (TPSA) is 12.4 Å². The van der Waals surface area contributed by atoms with Crippen LogP contribution in [0.4, 0.5) is 0 Å². The van der Waals surface area contributed by atoms with Crippen LogP contribution in [0.5, 0.6) is 0 Å². The van der Waals surface area contributed by atoms with E-state index < -0.39 is 0 Å². The van der Waals surface area contributed by atoms with Crippen molar-refractivity contribution < 1.29 is 0 Å². The number of aliphatic imine (C=N–C) groups is 1. The van der Waals surface area contributed by atoms with Crippen molar-refractivity contribution >= 4 is 6.21 Å². The van der Waals surface area contributed by atoms with Crippen molar-refractivity contribution in [1.29, 1.82) is 0 Å². The molecule has 0 amide bonds. The van der Waals surface area contributed by atoms with E-state index in [1.807, 2.05) is 0 Å². The van der Waals surface area contributed by atoms with Crippen LogP contribution in [0.25, 0.3) is 0 Å². The molecule has 0 heterocycles. The number of rotatable bonds is 4. The summed E-state index contributed by atoms with van der Waals surface area (Å²) in [5.74, 6) is 1.33. The maximum Gasteiger partial charge on any atom is 0.0465 e. The Kier molecular flexibility index (Phi) is 5.18. The van der Waals surface area contributed by atoms with Gasteiger partial charge in [0.25, 0.3) is 0 Å². The molecular formula is C10H21N. The summed E-state index contributed by atoms with van der Waals surface area (Å²) in [5, 5.41) is 0. The zero-order valence-electron chi connectivity index (χ0n) is 8.46. The summed E-state index contributed by atoms with van der Waals surface area (Å²) >= 11 is 0. The maximum atomic E-state index is 4.44. The van der Waals surface area contributed by atoms with Gasteiger partial charge in [-0.05, 0) is 25.2 Å². The molecule has 66 valence electrons. The fourth-order valence-electron chi connectivity index (χ4n) is 0.560. The lowest BCUT2D eigenvalue weighted by Gasteiger charge is -2.10. The van der Waals surface area contributed by atoms with Crippen molar-refractivity contribution in [2.24, 2.45) is 16.8 Å². The van der Waals surface area contributed by atoms with E-state index in [0.29, 0.717) is 17.9 Å². The highest BCUT2D eigenvalue weighted by Crippen LogP contribution is 2.07. The smallest absolute Gasteiger partial charge is 0.0465 e. The van der Waals surface area contributed by atoms with Gasteiger partial charge in [0.1, 0.15) is 0 Å². The van der Waals surface area contributed by atoms with Crippen molar-refractivity contribution in [2.45, 2.75) is 47.1 Å². The first-order chi connectivity index (χ1) is 5.07. The van der Waals surface area contributed by atoms with Crippen LogP contribution in [-0.4, -0.2) is 12.3 Å². The van der Waals surface area contributed by atoms with Gasteiger partial charge in [-0.25, -0.2) is 0 Å². The van der Waals surface area contributed by atoms with Crippen molar-refractivity contribution in [3.05, 3.63) is 0 Å². The number of hydrogen-bond acceptors (Lipinski definition) is 1. The van der Waals surface area contributed by atoms with Gasteiger partial charge in [-0.2, -0.15) is 0 Å². The third-order valence-electron chi connectivity index (χ3n) is 2.22. The van der Waals surface area contributed by atoms with Gasteiger partial charge < -0.3 is 0 Å². The largest absolute Gasteiger partial charge is 0.294 e. The van der Waals surface area contributed by atoms with E-state index >= 15 is 0 Å². The van der Waals surface area contributed by atoms with Gasteiger partial charge in [0.2, 0.25) is 0 Å². The molecule has 0 N–H and O–H groups in total. The molecule has 0 aromatic rings. The molecule has 0 aromatic carbocycles. The van der Waals surface area contributed by atoms with E-state index in [4.69, 9.17) is 0 Å². The Morgan fingerprint density at radius 2 is 1.73 bits per heavy atom. The van der Waals surface area contributed by atoms with Crippen LogP contribution >= 0.6 is 0 Å². The van der Waals surface area contributed by atoms with E-state index in [1.165, 1.54) is 0 Å². The van der Waals surface area contributed by atoms with Crippen molar-refractivity contribution in [2.75, 3.05) is 0 Å². The molecule has 0 fully saturated rings. The van der Waals surface area contributed by atoms with E-state index in [-0.39, 0.29) is 0 Å². The highest BCUT2D eigenvalue weighted by molar-refractivity contribution is 5.60. The van der Waals surface area contributed by atoms with Gasteiger partial charge in [0.15, 0.2) is 0 Å². The lowest BCUT2D eigenvalue weighted by molar-refractivity contribution is 0.536. The van der Waals surface area contributed by atoms with Gasteiger partial charge >= 0.3 is 0 Å². The molecule has 0 saturated heterocycles. The van der Waals surface area contributed by atoms with Crippen molar-refractivity contribution in [1.82, 2.24) is 0 Å². The van der Waals surface area contributed by atoms with Crippen LogP contribution in [0.2, 0.25) is 0 Å². The highest BCUT2D eigenvalue weighted by atomic mass is 14.7. The third-order valence-corrected chi connectivity index (χ3v) is 2.22. The van der Waals surface area contributed by atoms with E-state index in [1.54, 1.807) is 0 Å². The molecule has 0 rings (SSSR count). The minimum Gasteiger partial charge on any atom is -0.294 e. The predicted octanol–water partition coefficient (Wildman–Crippen LogP) is 3.15. The van der Waals surface area contributed by atoms with Crippen LogP contribution in [-0.2, 0) is 0 Å². The Hall–Kier alpha value is -0.330. The average molecular weight is 155 g/mol. The molecule has 0 aliphatic carbocycles. The summed E-state index contributed by atoms with van der Waals surface area (Å²) < 4.78 is 0. The molecule has 0 saturated carbocycles. The second kappa shape index (κ2) is 5.34. The Balaban J connectivity index is 3.72. The average Bonchev–Trinajstić information content (AvgIpc) is 1.99. The quantitative estimate of drug-likeness (QED) is 0.553. The SMILES string of the molecule is CCC(C)N=C[C@@H](C)C(C)C. The summed E-state index contributed by atoms with van der Waals surface area (Å²) in [6.07, 6.45) is 3.24. The second-order valence-electron chi connectivity index (χ2n) is 3.66. The molecule has 0 aromatic heterocycles. The normalized spacial score (nSPS) is 17.6. The van der Waals surface area contributed by atoms with Crippen molar-refractivity contribution in [3.63, 3.8) is 0 Å². The molecule has 1 heteroatoms. The first-order valence-electron chi connectivity index (χ1n) is 4.61. The zero-order chi connectivity index (χ0) is 8.85. The molecule has 1 unspecified atom stereocenters. The molecule has 2 atom stereocenters. The summed E-state index contributed by atoms with van der Waals surface area (Å²) in [6.45, 7) is 11.0. The Bertz CT molecular complexity index is 116. The summed E-state index contributed by atoms with van der Waals surface area (Å²) in [5.41, 5.74) is 0. The second-order valence-corrected chi connectivity index (χ2v) is 3.66. The Morgan fingerprint density at radius 1 is 1.18 bits per heavy atom. The van der Waals surface area contributed by atoms with Gasteiger partial charge in [0, 0.05) is 12.3 Å². The van der Waals surface area contributed by atoms with Gasteiger partial charge in [-0.1, -0.05) is 27.7 Å². The van der Waals surface area contributed by atoms with Crippen molar-refractivity contribution in [3.8, 4) is 0 Å². The molecule has 0 aliphatic rings. The Labute approximate surface area is 70.9 Å². The van der Waals surface area contributed by atoms with Crippen LogP contribution in [0.15, 0.2) is 4.99 Å². The fourth-order valence-corrected chi connectivity index (χ4v) is 0.560. The molecule has 0 bridgehead atoms. The summed E-state index contributed by atoms with van der Waals surface area (Å²) in [7, 11) is 0. The summed E-state index contributed by atoms with van der Waals surface area (Å²) in [4.78, 5) is 4.44. The Morgan fingerprint density at radius 3 is 2.09 bits per heavy atom. The zero-order valence-corrected chi connectivity index (χ0v) is 8.46. The number of nitrogens with zero attached hydrogens (tertiary/aromatic N) is 1. The first-order valence-corrected chi connectivity index (χ1v) is 4.61. The van der Waals surface area contributed by atoms with Gasteiger partial charge in [0.05, 0.1) is 0 Å². The van der Waals surface area contributed by atoms with E-state index in [2.05, 4.69) is 45.8 Å². The molecule has 0 radical (unpaired) electrons. The van der Waals surface area contributed by atoms with Crippen LogP contribution < -0.4 is 0 Å². The minimum absolute atomic E-state index is 0.496. The lowest BCUT2D eigenvalue weighted by atomic mass is 10.00. The monoisotopic (exact) mass is 155 g/mol. The van der Waals surface area contributed by atoms with Gasteiger partial charge in [-0.15, -0.1) is 0 Å². The van der Waals surface area contributed by atoms with Crippen LogP contribution in [0, 0.1) is 11.8 Å². The predicted molar refractivity (Wildman–Crippen MR) is 52.2 cm³/mol. The van der Waals surface area contributed by atoms with Crippen LogP contribution in [0.1, 0.15) is 41.0 Å². The van der Waals surface area contributed by atoms with E-state index in [0.717, 1.165) is 6.42 Å². The van der Waals surface area contributed by atoms with Gasteiger partial charge in [-0.3, -0.25) is 4.99 Å². The maximum absolute atomic E-state index is 4.44. The lowest BCUT2D eigenvalue weighted by Crippen LogP contribution is -2.07. The number of hydrogen-bond donors (Lipinski definition) is 0. The van der Waals surface area contributed by atoms with E-state index in [9.17, 15) is 0 Å². The molecule has 11 heavy (non-hydrogen) atoms.